The van der Waals surface area contributed by atoms with Crippen LogP contribution in [-0.4, -0.2) is 32.3 Å². The normalized spacial score (nSPS) is 12.6. The number of sulfonamides is 1. The van der Waals surface area contributed by atoms with E-state index >= 15 is 0 Å². The van der Waals surface area contributed by atoms with Crippen LogP contribution in [0.2, 0.25) is 0 Å². The highest BCUT2D eigenvalue weighted by molar-refractivity contribution is 7.92. The van der Waals surface area contributed by atoms with Gasteiger partial charge in [-0.15, -0.1) is 6.58 Å². The molecule has 3 aromatic carbocycles. The lowest BCUT2D eigenvalue weighted by Crippen LogP contribution is -2.32. The Hall–Kier alpha value is -3.89. The molecule has 0 spiro atoms. The molecule has 33 heavy (non-hydrogen) atoms. The van der Waals surface area contributed by atoms with Gasteiger partial charge in [0, 0.05) is 25.2 Å². The second-order valence-electron chi connectivity index (χ2n) is 7.77. The van der Waals surface area contributed by atoms with E-state index in [9.17, 15) is 13.2 Å². The van der Waals surface area contributed by atoms with Gasteiger partial charge in [-0.2, -0.15) is 5.26 Å². The summed E-state index contributed by atoms with van der Waals surface area (Å²) in [7, 11) is -3.80. The molecule has 0 aromatic heterocycles. The Kier molecular flexibility index (Phi) is 6.29. The van der Waals surface area contributed by atoms with Crippen LogP contribution in [0.4, 0.5) is 5.69 Å². The number of amides is 1. The molecule has 0 saturated heterocycles. The molecule has 1 aliphatic rings. The van der Waals surface area contributed by atoms with Crippen molar-refractivity contribution in [1.29, 1.82) is 5.26 Å². The first-order chi connectivity index (χ1) is 15.9. The largest absolute Gasteiger partial charge is 0.331 e. The topological polar surface area (TPSA) is 81.5 Å². The number of carbonyl (C=O) groups is 1. The molecular weight excluding hydrogens is 434 g/mol. The van der Waals surface area contributed by atoms with Crippen LogP contribution >= 0.6 is 0 Å². The summed E-state index contributed by atoms with van der Waals surface area (Å²) in [5.41, 5.74) is 3.37. The summed E-state index contributed by atoms with van der Waals surface area (Å²) in [5.74, 6) is -0.293. The van der Waals surface area contributed by atoms with Crippen LogP contribution < -0.4 is 4.31 Å². The van der Waals surface area contributed by atoms with E-state index in [-0.39, 0.29) is 10.8 Å². The molecule has 1 heterocycles. The van der Waals surface area contributed by atoms with E-state index in [0.717, 1.165) is 11.1 Å². The maximum atomic E-state index is 13.4. The Balaban J connectivity index is 1.61. The van der Waals surface area contributed by atoms with Crippen LogP contribution in [-0.2, 0) is 23.0 Å². The average Bonchev–Trinajstić information content (AvgIpc) is 3.29. The van der Waals surface area contributed by atoms with E-state index in [0.29, 0.717) is 42.9 Å². The molecule has 0 bridgehead atoms. The summed E-state index contributed by atoms with van der Waals surface area (Å²) in [6.45, 7) is 4.73. The van der Waals surface area contributed by atoms with Crippen LogP contribution in [0.1, 0.15) is 27.0 Å². The number of hydrogen-bond donors (Lipinski definition) is 0. The Labute approximate surface area is 194 Å². The SMILES string of the molecule is C=CCN(Cc1ccc(C#N)cc1)C(=O)c1cccc(S(=O)(=O)N2CCc3ccccc32)c1. The van der Waals surface area contributed by atoms with Crippen LogP contribution in [0.3, 0.4) is 0 Å². The van der Waals surface area contributed by atoms with Crippen molar-refractivity contribution in [1.82, 2.24) is 4.90 Å². The Morgan fingerprint density at radius 1 is 1.09 bits per heavy atom. The summed E-state index contributed by atoms with van der Waals surface area (Å²) < 4.78 is 28.2. The van der Waals surface area contributed by atoms with Crippen molar-refractivity contribution in [2.24, 2.45) is 0 Å². The highest BCUT2D eigenvalue weighted by atomic mass is 32.2. The number of benzene rings is 3. The molecule has 0 aliphatic carbocycles. The average molecular weight is 458 g/mol. The van der Waals surface area contributed by atoms with Crippen molar-refractivity contribution in [2.45, 2.75) is 17.9 Å². The molecular formula is C26H23N3O3S. The summed E-state index contributed by atoms with van der Waals surface area (Å²) in [4.78, 5) is 15.0. The third kappa shape index (κ3) is 4.52. The molecule has 1 amide bonds. The van der Waals surface area contributed by atoms with E-state index in [1.807, 2.05) is 18.2 Å². The van der Waals surface area contributed by atoms with E-state index in [4.69, 9.17) is 5.26 Å². The molecule has 166 valence electrons. The smallest absolute Gasteiger partial charge is 0.264 e. The molecule has 1 aliphatic heterocycles. The molecule has 0 N–H and O–H groups in total. The maximum Gasteiger partial charge on any atom is 0.264 e. The van der Waals surface area contributed by atoms with Crippen molar-refractivity contribution in [3.63, 3.8) is 0 Å². The summed E-state index contributed by atoms with van der Waals surface area (Å²) >= 11 is 0. The van der Waals surface area contributed by atoms with Crippen LogP contribution in [0, 0.1) is 11.3 Å². The fraction of sp³-hybridized carbons (Fsp3) is 0.154. The minimum absolute atomic E-state index is 0.0852. The molecule has 6 nitrogen and oxygen atoms in total. The zero-order valence-electron chi connectivity index (χ0n) is 18.0. The van der Waals surface area contributed by atoms with Crippen LogP contribution in [0.5, 0.6) is 0 Å². The van der Waals surface area contributed by atoms with Crippen molar-refractivity contribution < 1.29 is 13.2 Å². The van der Waals surface area contributed by atoms with Gasteiger partial charge in [-0.3, -0.25) is 9.10 Å². The lowest BCUT2D eigenvalue weighted by molar-refractivity contribution is 0.0762. The summed E-state index contributed by atoms with van der Waals surface area (Å²) in [6.07, 6.45) is 2.29. The molecule has 3 aromatic rings. The molecule has 7 heteroatoms. The number of carbonyl (C=O) groups excluding carboxylic acids is 1. The highest BCUT2D eigenvalue weighted by Crippen LogP contribution is 2.32. The zero-order chi connectivity index (χ0) is 23.4. The first-order valence-corrected chi connectivity index (χ1v) is 12.0. The number of fused-ring (bicyclic) bond motifs is 1. The van der Waals surface area contributed by atoms with Crippen LogP contribution in [0.25, 0.3) is 0 Å². The number of anilines is 1. The predicted octanol–water partition coefficient (Wildman–Crippen LogP) is 4.14. The van der Waals surface area contributed by atoms with Crippen molar-refractivity contribution in [3.05, 3.63) is 108 Å². The number of para-hydroxylation sites is 1. The van der Waals surface area contributed by atoms with Gasteiger partial charge in [-0.25, -0.2) is 8.42 Å². The number of nitriles is 1. The molecule has 4 rings (SSSR count). The lowest BCUT2D eigenvalue weighted by Gasteiger charge is -2.23. The second kappa shape index (κ2) is 9.31. The van der Waals surface area contributed by atoms with Crippen molar-refractivity contribution >= 4 is 21.6 Å². The third-order valence-corrected chi connectivity index (χ3v) is 7.42. The van der Waals surface area contributed by atoms with Gasteiger partial charge < -0.3 is 4.90 Å². The van der Waals surface area contributed by atoms with Gasteiger partial charge in [0.1, 0.15) is 0 Å². The van der Waals surface area contributed by atoms with Gasteiger partial charge in [0.2, 0.25) is 0 Å². The predicted molar refractivity (Wildman–Crippen MR) is 127 cm³/mol. The molecule has 0 fully saturated rings. The first-order valence-electron chi connectivity index (χ1n) is 10.5. The second-order valence-corrected chi connectivity index (χ2v) is 9.63. The minimum Gasteiger partial charge on any atom is -0.331 e. The molecule has 0 saturated carbocycles. The van der Waals surface area contributed by atoms with Gasteiger partial charge in [0.05, 0.1) is 22.2 Å². The summed E-state index contributed by atoms with van der Waals surface area (Å²) in [5, 5.41) is 8.98. The number of nitrogens with zero attached hydrogens (tertiary/aromatic N) is 3. The lowest BCUT2D eigenvalue weighted by atomic mass is 10.1. The van der Waals surface area contributed by atoms with Gasteiger partial charge in [0.15, 0.2) is 0 Å². The third-order valence-electron chi connectivity index (χ3n) is 5.61. The molecule has 0 atom stereocenters. The Morgan fingerprint density at radius 2 is 1.85 bits per heavy atom. The quantitative estimate of drug-likeness (QED) is 0.500. The number of rotatable bonds is 7. The maximum absolute atomic E-state index is 13.4. The van der Waals surface area contributed by atoms with Crippen molar-refractivity contribution in [2.75, 3.05) is 17.4 Å². The Bertz CT molecular complexity index is 1340. The van der Waals surface area contributed by atoms with E-state index in [2.05, 4.69) is 12.6 Å². The van der Waals surface area contributed by atoms with Gasteiger partial charge in [-0.1, -0.05) is 42.5 Å². The van der Waals surface area contributed by atoms with E-state index < -0.39 is 10.0 Å². The molecule has 0 radical (unpaired) electrons. The number of hydrogen-bond acceptors (Lipinski definition) is 4. The fourth-order valence-electron chi connectivity index (χ4n) is 3.94. The van der Waals surface area contributed by atoms with E-state index in [1.165, 1.54) is 16.4 Å². The van der Waals surface area contributed by atoms with E-state index in [1.54, 1.807) is 53.4 Å². The van der Waals surface area contributed by atoms with Gasteiger partial charge in [-0.05, 0) is 53.9 Å². The van der Waals surface area contributed by atoms with Gasteiger partial charge >= 0.3 is 0 Å². The Morgan fingerprint density at radius 3 is 2.58 bits per heavy atom. The van der Waals surface area contributed by atoms with Gasteiger partial charge in [0.25, 0.3) is 15.9 Å². The van der Waals surface area contributed by atoms with Crippen molar-refractivity contribution in [3.8, 4) is 6.07 Å². The monoisotopic (exact) mass is 457 g/mol. The first kappa shape index (κ1) is 22.3. The van der Waals surface area contributed by atoms with Crippen LogP contribution in [0.15, 0.2) is 90.3 Å². The highest BCUT2D eigenvalue weighted by Gasteiger charge is 2.31. The standard InChI is InChI=1S/C26H23N3O3S/c1-2-15-28(19-21-12-10-20(18-27)11-13-21)26(30)23-7-5-8-24(17-23)33(31,32)29-16-14-22-6-3-4-9-25(22)29/h2-13,17H,1,14-16,19H2. The summed E-state index contributed by atoms with van der Waals surface area (Å²) in [6, 6.07) is 22.7. The fourth-order valence-corrected chi connectivity index (χ4v) is 5.49. The molecule has 0 unspecified atom stereocenters. The zero-order valence-corrected chi connectivity index (χ0v) is 18.8. The minimum atomic E-state index is -3.80.